The molecule has 0 aliphatic carbocycles. The second kappa shape index (κ2) is 6.71. The van der Waals surface area contributed by atoms with Crippen molar-refractivity contribution < 1.29 is 14.1 Å². The van der Waals surface area contributed by atoms with E-state index in [9.17, 15) is 9.59 Å². The predicted molar refractivity (Wildman–Crippen MR) is 105 cm³/mol. The van der Waals surface area contributed by atoms with Crippen LogP contribution in [0, 0.1) is 12.3 Å². The van der Waals surface area contributed by atoms with Gasteiger partial charge in [0.1, 0.15) is 6.04 Å². The number of Topliss-reactive ketones (excluding diaryl/α,β-unsaturated/α-hetero) is 1. The van der Waals surface area contributed by atoms with Gasteiger partial charge in [0.2, 0.25) is 0 Å². The summed E-state index contributed by atoms with van der Waals surface area (Å²) in [6.45, 7) is 4.85. The van der Waals surface area contributed by atoms with Gasteiger partial charge < -0.3 is 10.2 Å². The maximum Gasteiger partial charge on any atom is 0.417 e. The molecule has 1 spiro atoms. The first-order valence-corrected chi connectivity index (χ1v) is 10.3. The number of amides is 2. The van der Waals surface area contributed by atoms with E-state index in [2.05, 4.69) is 48.5 Å². The van der Waals surface area contributed by atoms with Crippen LogP contribution in [-0.2, 0) is 4.79 Å². The van der Waals surface area contributed by atoms with E-state index in [0.29, 0.717) is 5.78 Å². The number of hydrogen-bond donors (Lipinski definition) is 1. The number of urea groups is 1. The fourth-order valence-electron chi connectivity index (χ4n) is 6.04. The Balaban J connectivity index is 1.85. The fraction of sp³-hybridized carbons (Fsp3) is 0.636. The maximum absolute atomic E-state index is 13.8. The molecule has 1 aromatic carbocycles. The molecule has 1 aromatic rings. The third-order valence-electron chi connectivity index (χ3n) is 7.61. The number of carbonyl (C=O) groups excluding carboxylic acids is 2. The number of fused-ring (bicyclic) bond motifs is 1. The summed E-state index contributed by atoms with van der Waals surface area (Å²) in [6, 6.07) is 8.35. The molecule has 146 valence electrons. The number of hydrogen-bond acceptors (Lipinski definition) is 3. The highest BCUT2D eigenvalue weighted by Crippen LogP contribution is 2.55. The van der Waals surface area contributed by atoms with Crippen molar-refractivity contribution in [2.24, 2.45) is 5.41 Å². The lowest BCUT2D eigenvalue weighted by atomic mass is 9.64. The van der Waals surface area contributed by atoms with Crippen LogP contribution >= 0.6 is 0 Å². The molecule has 0 bridgehead atoms. The van der Waals surface area contributed by atoms with Crippen molar-refractivity contribution in [3.63, 3.8) is 0 Å². The Morgan fingerprint density at radius 2 is 1.93 bits per heavy atom. The third-order valence-corrected chi connectivity index (χ3v) is 7.61. The first kappa shape index (κ1) is 18.6. The number of benzene rings is 1. The number of rotatable bonds is 1. The topological polar surface area (TPSA) is 49.4 Å². The molecule has 0 aromatic heterocycles. The minimum absolute atomic E-state index is 0.0156. The van der Waals surface area contributed by atoms with E-state index in [1.165, 1.54) is 11.1 Å². The summed E-state index contributed by atoms with van der Waals surface area (Å²) < 4.78 is 0.289. The summed E-state index contributed by atoms with van der Waals surface area (Å²) in [5, 5.41) is 2.91. The Morgan fingerprint density at radius 1 is 1.22 bits per heavy atom. The summed E-state index contributed by atoms with van der Waals surface area (Å²) in [4.78, 5) is 29.3. The zero-order chi connectivity index (χ0) is 19.2. The molecule has 3 saturated heterocycles. The highest BCUT2D eigenvalue weighted by Gasteiger charge is 2.66. The van der Waals surface area contributed by atoms with Crippen molar-refractivity contribution in [3.8, 4) is 0 Å². The monoisotopic (exact) mass is 370 g/mol. The Hall–Kier alpha value is -1.72. The zero-order valence-electron chi connectivity index (χ0n) is 16.8. The van der Waals surface area contributed by atoms with Crippen LogP contribution in [0.15, 0.2) is 24.3 Å². The quantitative estimate of drug-likeness (QED) is 0.773. The minimum Gasteiger partial charge on any atom is -0.309 e. The average molecular weight is 371 g/mol. The molecule has 0 radical (unpaired) electrons. The van der Waals surface area contributed by atoms with Crippen molar-refractivity contribution >= 4 is 11.8 Å². The van der Waals surface area contributed by atoms with Crippen molar-refractivity contribution in [2.45, 2.75) is 51.1 Å². The molecule has 3 aliphatic rings. The summed E-state index contributed by atoms with van der Waals surface area (Å²) in [7, 11) is 3.85. The number of aryl methyl sites for hydroxylation is 1. The lowest BCUT2D eigenvalue weighted by Crippen LogP contribution is -2.69. The van der Waals surface area contributed by atoms with Gasteiger partial charge in [-0.25, -0.2) is 9.28 Å². The van der Waals surface area contributed by atoms with Crippen molar-refractivity contribution in [1.82, 2.24) is 10.2 Å². The molecular formula is C22H32N3O2+. The van der Waals surface area contributed by atoms with Crippen LogP contribution in [0.1, 0.15) is 49.3 Å². The van der Waals surface area contributed by atoms with Gasteiger partial charge in [-0.15, -0.1) is 0 Å². The number of ketones is 1. The molecule has 3 atom stereocenters. The highest BCUT2D eigenvalue weighted by molar-refractivity contribution is 5.92. The number of nitrogens with one attached hydrogen (secondary N) is 1. The van der Waals surface area contributed by atoms with Crippen LogP contribution in [0.2, 0.25) is 0 Å². The van der Waals surface area contributed by atoms with E-state index < -0.39 is 0 Å². The number of piperidine rings is 2. The molecule has 27 heavy (non-hydrogen) atoms. The van der Waals surface area contributed by atoms with E-state index >= 15 is 0 Å². The van der Waals surface area contributed by atoms with Crippen molar-refractivity contribution in [3.05, 3.63) is 35.4 Å². The number of nitrogens with zero attached hydrogens (tertiary/aromatic N) is 2. The Kier molecular flexibility index (Phi) is 4.63. The van der Waals surface area contributed by atoms with Gasteiger partial charge in [-0.05, 0) is 45.5 Å². The van der Waals surface area contributed by atoms with Crippen molar-refractivity contribution in [2.75, 3.05) is 33.7 Å². The van der Waals surface area contributed by atoms with Crippen LogP contribution in [0.25, 0.3) is 0 Å². The smallest absolute Gasteiger partial charge is 0.309 e. The van der Waals surface area contributed by atoms with Gasteiger partial charge in [0.25, 0.3) is 0 Å². The second-order valence-corrected chi connectivity index (χ2v) is 8.89. The van der Waals surface area contributed by atoms with E-state index in [4.69, 9.17) is 0 Å². The van der Waals surface area contributed by atoms with Crippen LogP contribution in [-0.4, -0.2) is 61.0 Å². The first-order valence-electron chi connectivity index (χ1n) is 10.3. The van der Waals surface area contributed by atoms with Gasteiger partial charge in [0.15, 0.2) is 11.8 Å². The lowest BCUT2D eigenvalue weighted by Gasteiger charge is -2.54. The van der Waals surface area contributed by atoms with Gasteiger partial charge in [-0.1, -0.05) is 24.3 Å². The first-order chi connectivity index (χ1) is 12.9. The summed E-state index contributed by atoms with van der Waals surface area (Å²) in [5.41, 5.74) is 2.22. The van der Waals surface area contributed by atoms with Crippen LogP contribution in [0.3, 0.4) is 0 Å². The van der Waals surface area contributed by atoms with Gasteiger partial charge in [-0.3, -0.25) is 4.79 Å². The Labute approximate surface area is 162 Å². The predicted octanol–water partition coefficient (Wildman–Crippen LogP) is 3.04. The average Bonchev–Trinajstić information content (AvgIpc) is 3.13. The SMILES string of the molecule is CNC(=O)[N+]12CCCC1C(=O)C1(CCN(C)CC1)CC2c1ccccc1C. The molecule has 3 aliphatic heterocycles. The fourth-order valence-corrected chi connectivity index (χ4v) is 6.04. The normalized spacial score (nSPS) is 33.1. The van der Waals surface area contributed by atoms with E-state index in [-0.39, 0.29) is 28.0 Å². The molecule has 5 nitrogen and oxygen atoms in total. The number of carbonyl (C=O) groups is 2. The van der Waals surface area contributed by atoms with E-state index in [1.807, 2.05) is 0 Å². The standard InChI is InChI=1S/C22H31N3O2/c1-16-7-4-5-8-17(16)19-15-22(10-12-24(3)13-11-22)20(26)18-9-6-14-25(18,19)21(27)23-2/h4-5,7-8,18-19H,6,9-15H2,1-3H3/p+1. The molecule has 5 heteroatoms. The molecule has 0 saturated carbocycles. The summed E-state index contributed by atoms with van der Waals surface area (Å²) >= 11 is 0. The van der Waals surface area contributed by atoms with Crippen molar-refractivity contribution in [1.29, 1.82) is 0 Å². The largest absolute Gasteiger partial charge is 0.417 e. The Morgan fingerprint density at radius 3 is 2.59 bits per heavy atom. The van der Waals surface area contributed by atoms with Gasteiger partial charge in [0.05, 0.1) is 6.54 Å². The van der Waals surface area contributed by atoms with Gasteiger partial charge in [-0.2, -0.15) is 0 Å². The van der Waals surface area contributed by atoms with Gasteiger partial charge >= 0.3 is 6.03 Å². The van der Waals surface area contributed by atoms with Crippen LogP contribution < -0.4 is 5.32 Å². The zero-order valence-corrected chi connectivity index (χ0v) is 16.8. The molecule has 3 heterocycles. The number of quaternary nitrogens is 1. The highest BCUT2D eigenvalue weighted by atomic mass is 16.2. The number of likely N-dealkylation sites (tertiary alicyclic amines) is 1. The molecule has 3 fully saturated rings. The summed E-state index contributed by atoms with van der Waals surface area (Å²) in [6.07, 6.45) is 4.44. The van der Waals surface area contributed by atoms with Gasteiger partial charge in [0, 0.05) is 37.3 Å². The Bertz CT molecular complexity index is 754. The minimum atomic E-state index is -0.260. The van der Waals surface area contributed by atoms with Crippen LogP contribution in [0.5, 0.6) is 0 Å². The van der Waals surface area contributed by atoms with E-state index in [0.717, 1.165) is 51.7 Å². The molecule has 4 rings (SSSR count). The summed E-state index contributed by atoms with van der Waals surface area (Å²) in [5.74, 6) is 0.363. The molecule has 1 N–H and O–H groups in total. The lowest BCUT2D eigenvalue weighted by molar-refractivity contribution is -0.890. The second-order valence-electron chi connectivity index (χ2n) is 8.89. The third kappa shape index (κ3) is 2.66. The maximum atomic E-state index is 13.8. The molecular weight excluding hydrogens is 338 g/mol. The van der Waals surface area contributed by atoms with E-state index in [1.54, 1.807) is 7.05 Å². The molecule has 3 unspecified atom stereocenters. The molecule has 2 amide bonds. The van der Waals surface area contributed by atoms with Crippen LogP contribution in [0.4, 0.5) is 4.79 Å².